The van der Waals surface area contributed by atoms with Gasteiger partial charge in [-0.15, -0.1) is 0 Å². The molecule has 1 aromatic heterocycles. The van der Waals surface area contributed by atoms with Crippen molar-refractivity contribution in [3.05, 3.63) is 34.6 Å². The maximum atomic E-state index is 12.5. The van der Waals surface area contributed by atoms with E-state index in [9.17, 15) is 13.2 Å². The predicted octanol–water partition coefficient (Wildman–Crippen LogP) is 2.73. The molecule has 0 atom stereocenters. The number of pyridine rings is 1. The van der Waals surface area contributed by atoms with Crippen LogP contribution in [0.1, 0.15) is 11.1 Å². The number of aromatic nitrogens is 1. The number of halogens is 4. The number of nitrogens with two attached hydrogens (primary N) is 1. The summed E-state index contributed by atoms with van der Waals surface area (Å²) in [5.41, 5.74) is 4.30. The summed E-state index contributed by atoms with van der Waals surface area (Å²) in [6.45, 7) is 0.164. The van der Waals surface area contributed by atoms with Crippen molar-refractivity contribution in [1.29, 1.82) is 0 Å². The smallest absolute Gasteiger partial charge is 0.327 e. The predicted molar refractivity (Wildman–Crippen MR) is 52.3 cm³/mol. The fourth-order valence-electron chi connectivity index (χ4n) is 1.01. The van der Waals surface area contributed by atoms with Crippen LogP contribution in [0.15, 0.2) is 18.3 Å². The van der Waals surface area contributed by atoms with Gasteiger partial charge in [-0.3, -0.25) is 0 Å². The van der Waals surface area contributed by atoms with E-state index < -0.39 is 11.7 Å². The molecule has 0 amide bonds. The van der Waals surface area contributed by atoms with E-state index in [2.05, 4.69) is 4.98 Å². The summed E-state index contributed by atoms with van der Waals surface area (Å²) in [4.78, 5) is 3.39. The molecule has 0 radical (unpaired) electrons. The first-order chi connectivity index (χ1) is 6.95. The van der Waals surface area contributed by atoms with E-state index >= 15 is 0 Å². The lowest BCUT2D eigenvalue weighted by atomic mass is 10.1. The lowest BCUT2D eigenvalue weighted by molar-refractivity contribution is -0.137. The summed E-state index contributed by atoms with van der Waals surface area (Å²) < 4.78 is 37.4. The molecule has 15 heavy (non-hydrogen) atoms. The average Bonchev–Trinajstić information content (AvgIpc) is 2.12. The van der Waals surface area contributed by atoms with Crippen LogP contribution in [0.3, 0.4) is 0 Å². The second kappa shape index (κ2) is 4.63. The van der Waals surface area contributed by atoms with Crippen LogP contribution < -0.4 is 5.73 Å². The van der Waals surface area contributed by atoms with Gasteiger partial charge in [0.2, 0.25) is 0 Å². The lowest BCUT2D eigenvalue weighted by Gasteiger charge is -2.09. The molecule has 2 nitrogen and oxygen atoms in total. The van der Waals surface area contributed by atoms with Crippen molar-refractivity contribution in [2.24, 2.45) is 5.73 Å². The summed E-state index contributed by atoms with van der Waals surface area (Å²) in [5, 5.41) is 0.0136. The minimum atomic E-state index is -4.44. The third-order valence-corrected chi connectivity index (χ3v) is 1.85. The van der Waals surface area contributed by atoms with Crippen LogP contribution in [0.25, 0.3) is 6.08 Å². The van der Waals surface area contributed by atoms with Crippen molar-refractivity contribution in [2.75, 3.05) is 6.54 Å². The molecule has 1 heterocycles. The van der Waals surface area contributed by atoms with Gasteiger partial charge in [0.15, 0.2) is 0 Å². The van der Waals surface area contributed by atoms with Gasteiger partial charge in [-0.2, -0.15) is 13.2 Å². The highest BCUT2D eigenvalue weighted by atomic mass is 35.5. The fraction of sp³-hybridized carbons (Fsp3) is 0.222. The molecule has 0 unspecified atom stereocenters. The molecule has 0 saturated heterocycles. The first-order valence-electron chi connectivity index (χ1n) is 4.04. The standard InChI is InChI=1S/C9H8ClF3N2/c10-8-4-6(2-1-3-14)7(5-15-8)9(11,12)13/h1-2,4-5H,3,14H2. The number of hydrogen-bond donors (Lipinski definition) is 1. The first-order valence-corrected chi connectivity index (χ1v) is 4.42. The van der Waals surface area contributed by atoms with Crippen LogP contribution in [-0.4, -0.2) is 11.5 Å². The van der Waals surface area contributed by atoms with Gasteiger partial charge < -0.3 is 5.73 Å². The van der Waals surface area contributed by atoms with Crippen molar-refractivity contribution in [1.82, 2.24) is 4.98 Å². The molecule has 0 aromatic carbocycles. The van der Waals surface area contributed by atoms with Crippen molar-refractivity contribution in [3.8, 4) is 0 Å². The van der Waals surface area contributed by atoms with E-state index in [1.54, 1.807) is 0 Å². The Labute approximate surface area is 89.6 Å². The van der Waals surface area contributed by atoms with E-state index in [0.29, 0.717) is 6.20 Å². The Morgan fingerprint density at radius 3 is 2.67 bits per heavy atom. The zero-order valence-electron chi connectivity index (χ0n) is 7.55. The molecular weight excluding hydrogens is 229 g/mol. The summed E-state index contributed by atoms with van der Waals surface area (Å²) in [5.74, 6) is 0. The summed E-state index contributed by atoms with van der Waals surface area (Å²) in [6, 6.07) is 1.15. The maximum Gasteiger partial charge on any atom is 0.418 e. The Morgan fingerprint density at radius 1 is 1.47 bits per heavy atom. The molecule has 1 rings (SSSR count). The van der Waals surface area contributed by atoms with Crippen molar-refractivity contribution in [2.45, 2.75) is 6.18 Å². The third kappa shape index (κ3) is 3.21. The van der Waals surface area contributed by atoms with E-state index in [1.807, 2.05) is 0 Å². The van der Waals surface area contributed by atoms with Gasteiger partial charge in [-0.1, -0.05) is 23.8 Å². The Morgan fingerprint density at radius 2 is 2.13 bits per heavy atom. The fourth-order valence-corrected chi connectivity index (χ4v) is 1.18. The molecule has 0 aliphatic carbocycles. The molecule has 0 bridgehead atoms. The highest BCUT2D eigenvalue weighted by Gasteiger charge is 2.33. The third-order valence-electron chi connectivity index (χ3n) is 1.64. The topological polar surface area (TPSA) is 38.9 Å². The van der Waals surface area contributed by atoms with Gasteiger partial charge in [0, 0.05) is 12.7 Å². The Hall–Kier alpha value is -1.07. The van der Waals surface area contributed by atoms with Crippen molar-refractivity contribution in [3.63, 3.8) is 0 Å². The molecular formula is C9H8ClF3N2. The molecule has 0 aliphatic heterocycles. The molecule has 0 aliphatic rings. The SMILES string of the molecule is NCC=Cc1cc(Cl)ncc1C(F)(F)F. The Bertz CT molecular complexity index is 374. The quantitative estimate of drug-likeness (QED) is 0.802. The van der Waals surface area contributed by atoms with Gasteiger partial charge in [0.05, 0.1) is 5.56 Å². The molecule has 0 saturated carbocycles. The van der Waals surface area contributed by atoms with Crippen LogP contribution >= 0.6 is 11.6 Å². The second-order valence-corrected chi connectivity index (χ2v) is 3.12. The highest BCUT2D eigenvalue weighted by Crippen LogP contribution is 2.32. The number of nitrogens with zero attached hydrogens (tertiary/aromatic N) is 1. The normalized spacial score (nSPS) is 12.3. The van der Waals surface area contributed by atoms with Gasteiger partial charge in [0.1, 0.15) is 5.15 Å². The zero-order valence-corrected chi connectivity index (χ0v) is 8.31. The average molecular weight is 237 g/mol. The minimum absolute atomic E-state index is 0.0136. The number of alkyl halides is 3. The van der Waals surface area contributed by atoms with Crippen LogP contribution in [0, 0.1) is 0 Å². The Balaban J connectivity index is 3.21. The highest BCUT2D eigenvalue weighted by molar-refractivity contribution is 6.29. The Kier molecular flexibility index (Phi) is 3.71. The molecule has 82 valence electrons. The van der Waals surface area contributed by atoms with Crippen molar-refractivity contribution >= 4 is 17.7 Å². The van der Waals surface area contributed by atoms with Gasteiger partial charge in [0.25, 0.3) is 0 Å². The van der Waals surface area contributed by atoms with Crippen molar-refractivity contribution < 1.29 is 13.2 Å². The van der Waals surface area contributed by atoms with Crippen LogP contribution in [0.4, 0.5) is 13.2 Å². The molecule has 0 fully saturated rings. The molecule has 2 N–H and O–H groups in total. The monoisotopic (exact) mass is 236 g/mol. The summed E-state index contributed by atoms with van der Waals surface area (Å²) >= 11 is 5.50. The molecule has 6 heteroatoms. The lowest BCUT2D eigenvalue weighted by Crippen LogP contribution is -2.08. The number of rotatable bonds is 2. The van der Waals surface area contributed by atoms with E-state index in [1.165, 1.54) is 12.2 Å². The summed E-state index contributed by atoms with van der Waals surface area (Å²) in [6.07, 6.45) is -1.04. The van der Waals surface area contributed by atoms with E-state index in [-0.39, 0.29) is 17.3 Å². The van der Waals surface area contributed by atoms with Crippen LogP contribution in [0.5, 0.6) is 0 Å². The molecule has 0 spiro atoms. The largest absolute Gasteiger partial charge is 0.418 e. The van der Waals surface area contributed by atoms with E-state index in [0.717, 1.165) is 6.07 Å². The maximum absolute atomic E-state index is 12.5. The second-order valence-electron chi connectivity index (χ2n) is 2.73. The van der Waals surface area contributed by atoms with Crippen LogP contribution in [-0.2, 0) is 6.18 Å². The first kappa shape index (κ1) is 12.0. The minimum Gasteiger partial charge on any atom is -0.327 e. The van der Waals surface area contributed by atoms with Gasteiger partial charge >= 0.3 is 6.18 Å². The molecule has 1 aromatic rings. The van der Waals surface area contributed by atoms with E-state index in [4.69, 9.17) is 17.3 Å². The van der Waals surface area contributed by atoms with Gasteiger partial charge in [-0.05, 0) is 11.6 Å². The number of hydrogen-bond acceptors (Lipinski definition) is 2. The summed E-state index contributed by atoms with van der Waals surface area (Å²) in [7, 11) is 0. The zero-order chi connectivity index (χ0) is 11.5. The van der Waals surface area contributed by atoms with Gasteiger partial charge in [-0.25, -0.2) is 4.98 Å². The van der Waals surface area contributed by atoms with Crippen LogP contribution in [0.2, 0.25) is 5.15 Å².